The molecule has 0 aliphatic carbocycles. The summed E-state index contributed by atoms with van der Waals surface area (Å²) in [4.78, 5) is 34.6. The van der Waals surface area contributed by atoms with E-state index in [0.29, 0.717) is 47.0 Å². The van der Waals surface area contributed by atoms with Crippen LogP contribution in [0.4, 0.5) is 10.2 Å². The van der Waals surface area contributed by atoms with Crippen LogP contribution in [0.2, 0.25) is 0 Å². The molecular weight excluding hydrogens is 449 g/mol. The lowest BCUT2D eigenvalue weighted by atomic mass is 10.1. The highest BCUT2D eigenvalue weighted by molar-refractivity contribution is 6.09. The summed E-state index contributed by atoms with van der Waals surface area (Å²) in [5.74, 6) is 5.08. The second-order valence-corrected chi connectivity index (χ2v) is 8.49. The van der Waals surface area contributed by atoms with Gasteiger partial charge in [-0.15, -0.1) is 0 Å². The Kier molecular flexibility index (Phi) is 5.32. The van der Waals surface area contributed by atoms with Crippen molar-refractivity contribution in [1.29, 1.82) is 0 Å². The predicted octanol–water partition coefficient (Wildman–Crippen LogP) is 2.60. The van der Waals surface area contributed by atoms with E-state index in [2.05, 4.69) is 33.5 Å². The van der Waals surface area contributed by atoms with Gasteiger partial charge in [0.1, 0.15) is 17.3 Å². The first-order chi connectivity index (χ1) is 16.8. The standard InChI is InChI=1S/C25H22FN7O2/c1-4-22(35)32-8-7-16(12-32)33-24-17(14(2)34)11-28-25(27)23(24)19(30-33)6-5-15-9-20-21(10-18(15)26)31(3)13-29-20/h4,9-11,13,16H,1,7-8,12H2,2-3H3,(H2,27,28)/t16-/m0/s1. The Hall–Kier alpha value is -4.52. The van der Waals surface area contributed by atoms with E-state index in [4.69, 9.17) is 5.73 Å². The molecule has 0 unspecified atom stereocenters. The van der Waals surface area contributed by atoms with Gasteiger partial charge >= 0.3 is 0 Å². The van der Waals surface area contributed by atoms with Gasteiger partial charge in [-0.05, 0) is 31.4 Å². The lowest BCUT2D eigenvalue weighted by Crippen LogP contribution is -2.27. The predicted molar refractivity (Wildman–Crippen MR) is 129 cm³/mol. The summed E-state index contributed by atoms with van der Waals surface area (Å²) in [5.41, 5.74) is 8.78. The molecule has 10 heteroatoms. The maximum atomic E-state index is 14.7. The molecule has 4 heterocycles. The van der Waals surface area contributed by atoms with Crippen molar-refractivity contribution >= 4 is 39.4 Å². The van der Waals surface area contributed by atoms with Crippen LogP contribution in [0.5, 0.6) is 0 Å². The van der Waals surface area contributed by atoms with Gasteiger partial charge in [0.25, 0.3) is 0 Å². The number of nitrogens with zero attached hydrogens (tertiary/aromatic N) is 6. The largest absolute Gasteiger partial charge is 0.383 e. The van der Waals surface area contributed by atoms with Crippen LogP contribution in [-0.2, 0) is 11.8 Å². The second-order valence-electron chi connectivity index (χ2n) is 8.49. The third-order valence-electron chi connectivity index (χ3n) is 6.26. The normalized spacial score (nSPS) is 15.4. The minimum atomic E-state index is -0.484. The number of anilines is 1. The number of aryl methyl sites for hydroxylation is 1. The Bertz CT molecular complexity index is 1610. The molecule has 9 nitrogen and oxygen atoms in total. The average Bonchev–Trinajstić information content (AvgIpc) is 3.55. The van der Waals surface area contributed by atoms with Crippen LogP contribution in [-0.4, -0.2) is 54.0 Å². The fraction of sp³-hybridized carbons (Fsp3) is 0.240. The van der Waals surface area contributed by atoms with Gasteiger partial charge in [-0.25, -0.2) is 14.4 Å². The van der Waals surface area contributed by atoms with Crippen molar-refractivity contribution in [3.05, 3.63) is 59.9 Å². The molecule has 1 amide bonds. The van der Waals surface area contributed by atoms with Crippen LogP contribution in [0.15, 0.2) is 37.3 Å². The van der Waals surface area contributed by atoms with Crippen LogP contribution >= 0.6 is 0 Å². The van der Waals surface area contributed by atoms with Crippen LogP contribution in [0.25, 0.3) is 21.9 Å². The first-order valence-corrected chi connectivity index (χ1v) is 11.0. The number of aromatic nitrogens is 5. The number of nitrogens with two attached hydrogens (primary N) is 1. The number of Topliss-reactive ketones (excluding diaryl/α,β-unsaturated/α-hetero) is 1. The maximum absolute atomic E-state index is 14.7. The topological polar surface area (TPSA) is 112 Å². The van der Waals surface area contributed by atoms with E-state index in [0.717, 1.165) is 0 Å². The average molecular weight is 471 g/mol. The van der Waals surface area contributed by atoms with Gasteiger partial charge in [-0.1, -0.05) is 12.5 Å². The van der Waals surface area contributed by atoms with Gasteiger partial charge in [-0.3, -0.25) is 14.3 Å². The maximum Gasteiger partial charge on any atom is 0.246 e. The fourth-order valence-corrected chi connectivity index (χ4v) is 4.45. The third-order valence-corrected chi connectivity index (χ3v) is 6.26. The summed E-state index contributed by atoms with van der Waals surface area (Å²) in [5, 5.41) is 5.10. The van der Waals surface area contributed by atoms with Gasteiger partial charge in [0.05, 0.1) is 45.4 Å². The number of nitrogen functional groups attached to an aromatic ring is 1. The molecule has 1 aliphatic rings. The van der Waals surface area contributed by atoms with Crippen molar-refractivity contribution in [3.63, 3.8) is 0 Å². The number of rotatable bonds is 3. The van der Waals surface area contributed by atoms with Gasteiger partial charge in [-0.2, -0.15) is 5.10 Å². The van der Waals surface area contributed by atoms with Crippen molar-refractivity contribution in [1.82, 2.24) is 29.2 Å². The number of halogens is 1. The Balaban J connectivity index is 1.66. The van der Waals surface area contributed by atoms with Crippen molar-refractivity contribution in [2.45, 2.75) is 19.4 Å². The van der Waals surface area contributed by atoms with E-state index < -0.39 is 5.82 Å². The van der Waals surface area contributed by atoms with E-state index >= 15 is 0 Å². The lowest BCUT2D eigenvalue weighted by Gasteiger charge is -2.16. The number of carbonyl (C=O) groups is 2. The number of ketones is 1. The summed E-state index contributed by atoms with van der Waals surface area (Å²) in [6.07, 6.45) is 4.93. The Morgan fingerprint density at radius 2 is 2.09 bits per heavy atom. The highest BCUT2D eigenvalue weighted by Gasteiger charge is 2.30. The van der Waals surface area contributed by atoms with E-state index in [1.807, 2.05) is 0 Å². The zero-order valence-corrected chi connectivity index (χ0v) is 19.2. The van der Waals surface area contributed by atoms with Gasteiger partial charge < -0.3 is 15.2 Å². The molecule has 3 aromatic heterocycles. The molecule has 1 aromatic carbocycles. The SMILES string of the molecule is C=CC(=O)N1CC[C@H](n2nc(C#Cc3cc4ncn(C)c4cc3F)c3c(N)ncc(C(C)=O)c32)C1. The van der Waals surface area contributed by atoms with Crippen molar-refractivity contribution < 1.29 is 14.0 Å². The summed E-state index contributed by atoms with van der Waals surface area (Å²) in [7, 11) is 1.79. The van der Waals surface area contributed by atoms with Crippen molar-refractivity contribution in [3.8, 4) is 11.8 Å². The fourth-order valence-electron chi connectivity index (χ4n) is 4.45. The molecule has 0 bridgehead atoms. The molecule has 1 saturated heterocycles. The van der Waals surface area contributed by atoms with E-state index in [1.165, 1.54) is 25.3 Å². The molecule has 0 spiro atoms. The number of fused-ring (bicyclic) bond motifs is 2. The summed E-state index contributed by atoms with van der Waals surface area (Å²) >= 11 is 0. The lowest BCUT2D eigenvalue weighted by molar-refractivity contribution is -0.125. The Labute approximate surface area is 200 Å². The molecule has 35 heavy (non-hydrogen) atoms. The number of amides is 1. The Morgan fingerprint density at radius 3 is 2.83 bits per heavy atom. The smallest absolute Gasteiger partial charge is 0.246 e. The molecule has 2 N–H and O–H groups in total. The van der Waals surface area contributed by atoms with Crippen LogP contribution < -0.4 is 5.73 Å². The van der Waals surface area contributed by atoms with Crippen molar-refractivity contribution in [2.75, 3.05) is 18.8 Å². The molecule has 0 radical (unpaired) electrons. The molecule has 1 atom stereocenters. The van der Waals surface area contributed by atoms with Crippen LogP contribution in [0.1, 0.15) is 41.0 Å². The van der Waals surface area contributed by atoms with E-state index in [9.17, 15) is 14.0 Å². The minimum Gasteiger partial charge on any atom is -0.383 e. The number of hydrogen-bond donors (Lipinski definition) is 1. The number of carbonyl (C=O) groups excluding carboxylic acids is 2. The zero-order chi connectivity index (χ0) is 24.9. The molecular formula is C25H22FN7O2. The van der Waals surface area contributed by atoms with E-state index in [-0.39, 0.29) is 34.8 Å². The summed E-state index contributed by atoms with van der Waals surface area (Å²) in [6, 6.07) is 2.77. The van der Waals surface area contributed by atoms with E-state index in [1.54, 1.807) is 33.6 Å². The highest BCUT2D eigenvalue weighted by Crippen LogP contribution is 2.32. The number of pyridine rings is 1. The molecule has 1 fully saturated rings. The van der Waals surface area contributed by atoms with Crippen molar-refractivity contribution in [2.24, 2.45) is 7.05 Å². The zero-order valence-electron chi connectivity index (χ0n) is 19.2. The second kappa shape index (κ2) is 8.36. The van der Waals surface area contributed by atoms with Crippen LogP contribution in [0.3, 0.4) is 0 Å². The number of benzene rings is 1. The van der Waals surface area contributed by atoms with Crippen LogP contribution in [0, 0.1) is 17.7 Å². The number of imidazole rings is 1. The first-order valence-electron chi connectivity index (χ1n) is 11.0. The monoisotopic (exact) mass is 471 g/mol. The highest BCUT2D eigenvalue weighted by atomic mass is 19.1. The molecule has 176 valence electrons. The Morgan fingerprint density at radius 1 is 1.29 bits per heavy atom. The molecule has 5 rings (SSSR count). The quantitative estimate of drug-likeness (QED) is 0.279. The number of likely N-dealkylation sites (tertiary alicyclic amines) is 1. The molecule has 0 saturated carbocycles. The first kappa shape index (κ1) is 22.3. The molecule has 1 aliphatic heterocycles. The van der Waals surface area contributed by atoms with Gasteiger partial charge in [0.2, 0.25) is 5.91 Å². The minimum absolute atomic E-state index is 0.164. The third kappa shape index (κ3) is 3.71. The van der Waals surface area contributed by atoms with Gasteiger partial charge in [0.15, 0.2) is 5.78 Å². The number of hydrogen-bond acceptors (Lipinski definition) is 6. The van der Waals surface area contributed by atoms with Gasteiger partial charge in [0, 0.05) is 32.4 Å². The molecule has 4 aromatic rings. The summed E-state index contributed by atoms with van der Waals surface area (Å²) in [6.45, 7) is 5.92. The summed E-state index contributed by atoms with van der Waals surface area (Å²) < 4.78 is 18.2.